The number of anilines is 3. The highest BCUT2D eigenvalue weighted by molar-refractivity contribution is 8.05. The Hall–Kier alpha value is -4.32. The number of hydrogen-bond donors (Lipinski definition) is 0. The van der Waals surface area contributed by atoms with Gasteiger partial charge in [-0.1, -0.05) is 121 Å². The summed E-state index contributed by atoms with van der Waals surface area (Å²) in [6.45, 7) is 21.5. The van der Waals surface area contributed by atoms with E-state index in [1.165, 1.54) is 121 Å². The van der Waals surface area contributed by atoms with E-state index in [1.54, 1.807) is 0 Å². The predicted octanol–water partition coefficient (Wildman–Crippen LogP) is 13.1. The maximum Gasteiger partial charge on any atom is 0.333 e. The number of rotatable bonds is 1. The molecular formula is C50H47BN2S2. The van der Waals surface area contributed by atoms with Crippen molar-refractivity contribution in [3.63, 3.8) is 0 Å². The third kappa shape index (κ3) is 4.72. The lowest BCUT2D eigenvalue weighted by atomic mass is 9.45. The van der Waals surface area contributed by atoms with Crippen molar-refractivity contribution in [1.29, 1.82) is 0 Å². The molecule has 4 aliphatic rings. The maximum absolute atomic E-state index is 2.72. The minimum atomic E-state index is 0.0358. The first-order chi connectivity index (χ1) is 26.2. The van der Waals surface area contributed by atoms with Gasteiger partial charge in [-0.15, -0.1) is 0 Å². The second-order valence-electron chi connectivity index (χ2n) is 19.0. The van der Waals surface area contributed by atoms with Crippen LogP contribution in [0, 0.1) is 13.8 Å². The van der Waals surface area contributed by atoms with Gasteiger partial charge in [0, 0.05) is 64.0 Å². The van der Waals surface area contributed by atoms with Gasteiger partial charge in [-0.05, 0) is 136 Å². The monoisotopic (exact) mass is 750 g/mol. The van der Waals surface area contributed by atoms with Crippen molar-refractivity contribution in [1.82, 2.24) is 4.48 Å². The molecule has 0 amide bonds. The van der Waals surface area contributed by atoms with Crippen LogP contribution in [0.15, 0.2) is 117 Å². The maximum atomic E-state index is 2.72. The van der Waals surface area contributed by atoms with Crippen LogP contribution in [-0.2, 0) is 16.2 Å². The minimum absolute atomic E-state index is 0.0358. The molecule has 0 atom stereocenters. The predicted molar refractivity (Wildman–Crippen MR) is 238 cm³/mol. The van der Waals surface area contributed by atoms with Gasteiger partial charge in [0.05, 0.1) is 0 Å². The molecule has 3 aliphatic heterocycles. The molecule has 4 heterocycles. The van der Waals surface area contributed by atoms with Gasteiger partial charge in [-0.2, -0.15) is 0 Å². The molecule has 0 bridgehead atoms. The quantitative estimate of drug-likeness (QED) is 0.155. The lowest BCUT2D eigenvalue weighted by molar-refractivity contribution is 0.332. The molecule has 5 heteroatoms. The molecule has 1 aliphatic carbocycles. The van der Waals surface area contributed by atoms with Gasteiger partial charge in [0.25, 0.3) is 0 Å². The number of nitrogens with zero attached hydrogens (tertiary/aromatic N) is 2. The van der Waals surface area contributed by atoms with Crippen LogP contribution < -0.4 is 15.8 Å². The average molecular weight is 751 g/mol. The molecule has 6 aromatic carbocycles. The topological polar surface area (TPSA) is 8.17 Å². The minimum Gasteiger partial charge on any atom is -0.375 e. The molecule has 0 fully saturated rings. The van der Waals surface area contributed by atoms with Crippen LogP contribution in [0.4, 0.5) is 17.1 Å². The summed E-state index contributed by atoms with van der Waals surface area (Å²) in [6.07, 6.45) is 2.41. The summed E-state index contributed by atoms with van der Waals surface area (Å²) in [7, 11) is 0. The van der Waals surface area contributed by atoms with Crippen molar-refractivity contribution >= 4 is 80.2 Å². The second kappa shape index (κ2) is 11.2. The SMILES string of the molecule is Cc1cc2c3c(c1)N(c1cc4c(cc1C)C(C)(C)CCC4(C)C)c1cc4c(cc1B3n1c3ccc(C(C)(C)C)cc3c3cccc-2c31)Sc1ccccc1S4. The first-order valence-electron chi connectivity index (χ1n) is 20.0. The molecule has 1 aromatic heterocycles. The highest BCUT2D eigenvalue weighted by Gasteiger charge is 2.45. The molecular weight excluding hydrogens is 704 g/mol. The van der Waals surface area contributed by atoms with E-state index < -0.39 is 0 Å². The van der Waals surface area contributed by atoms with E-state index in [9.17, 15) is 0 Å². The van der Waals surface area contributed by atoms with E-state index in [0.29, 0.717) is 0 Å². The van der Waals surface area contributed by atoms with Gasteiger partial charge < -0.3 is 9.38 Å². The Labute approximate surface area is 334 Å². The molecule has 0 radical (unpaired) electrons. The van der Waals surface area contributed by atoms with E-state index in [1.807, 2.05) is 23.5 Å². The van der Waals surface area contributed by atoms with Crippen LogP contribution in [0.5, 0.6) is 0 Å². The van der Waals surface area contributed by atoms with Crippen LogP contribution >= 0.6 is 23.5 Å². The third-order valence-electron chi connectivity index (χ3n) is 13.4. The highest BCUT2D eigenvalue weighted by Crippen LogP contribution is 2.54. The second-order valence-corrected chi connectivity index (χ2v) is 21.2. The fourth-order valence-electron chi connectivity index (χ4n) is 10.3. The molecule has 7 aromatic rings. The van der Waals surface area contributed by atoms with Gasteiger partial charge in [-0.25, -0.2) is 0 Å². The molecule has 0 spiro atoms. The normalized spacial score (nSPS) is 17.1. The summed E-state index contributed by atoms with van der Waals surface area (Å²) in [5, 5.41) is 2.70. The Kier molecular flexibility index (Phi) is 6.90. The smallest absolute Gasteiger partial charge is 0.333 e. The summed E-state index contributed by atoms with van der Waals surface area (Å²) < 4.78 is 2.72. The summed E-state index contributed by atoms with van der Waals surface area (Å²) in [5.74, 6) is 0. The summed E-state index contributed by atoms with van der Waals surface area (Å²) in [5.41, 5.74) is 19.5. The number of para-hydroxylation sites is 1. The number of fused-ring (bicyclic) bond motifs is 10. The van der Waals surface area contributed by atoms with Gasteiger partial charge in [-0.3, -0.25) is 0 Å². The number of aryl methyl sites for hydroxylation is 2. The van der Waals surface area contributed by atoms with Gasteiger partial charge in [0.15, 0.2) is 0 Å². The summed E-state index contributed by atoms with van der Waals surface area (Å²) >= 11 is 3.86. The van der Waals surface area contributed by atoms with E-state index in [4.69, 9.17) is 0 Å². The summed E-state index contributed by atoms with van der Waals surface area (Å²) in [4.78, 5) is 8.05. The van der Waals surface area contributed by atoms with Gasteiger partial charge >= 0.3 is 6.85 Å². The van der Waals surface area contributed by atoms with E-state index in [0.717, 1.165) is 0 Å². The van der Waals surface area contributed by atoms with E-state index in [2.05, 4.69) is 169 Å². The van der Waals surface area contributed by atoms with Crippen molar-refractivity contribution in [2.24, 2.45) is 0 Å². The van der Waals surface area contributed by atoms with E-state index in [-0.39, 0.29) is 23.1 Å². The third-order valence-corrected chi connectivity index (χ3v) is 15.9. The molecule has 0 saturated carbocycles. The Morgan fingerprint density at radius 1 is 0.618 bits per heavy atom. The van der Waals surface area contributed by atoms with Crippen LogP contribution in [-0.4, -0.2) is 11.3 Å². The molecule has 272 valence electrons. The van der Waals surface area contributed by atoms with Crippen LogP contribution in [0.25, 0.3) is 32.9 Å². The van der Waals surface area contributed by atoms with Crippen LogP contribution in [0.1, 0.15) is 89.1 Å². The van der Waals surface area contributed by atoms with Crippen molar-refractivity contribution in [2.45, 2.75) is 111 Å². The zero-order chi connectivity index (χ0) is 37.9. The molecule has 0 unspecified atom stereocenters. The zero-order valence-electron chi connectivity index (χ0n) is 33.4. The van der Waals surface area contributed by atoms with Crippen molar-refractivity contribution < 1.29 is 0 Å². The van der Waals surface area contributed by atoms with Crippen molar-refractivity contribution in [3.8, 4) is 11.1 Å². The van der Waals surface area contributed by atoms with Crippen molar-refractivity contribution in [3.05, 3.63) is 125 Å². The Balaban J connectivity index is 1.26. The molecule has 55 heavy (non-hydrogen) atoms. The van der Waals surface area contributed by atoms with Gasteiger partial charge in [0.2, 0.25) is 0 Å². The van der Waals surface area contributed by atoms with Crippen LogP contribution in [0.3, 0.4) is 0 Å². The number of aromatic nitrogens is 1. The highest BCUT2D eigenvalue weighted by atomic mass is 32.2. The molecule has 2 nitrogen and oxygen atoms in total. The largest absolute Gasteiger partial charge is 0.375 e. The standard InChI is InChI=1S/C50H47BN2S2/c1-28-21-34-32-14-12-13-31-33-24-30(48(3,4)5)17-18-38(33)53(47(31)32)51-37-26-44-45(55-43-16-11-10-15-42(43)54-44)27-40(37)52(41(22-28)46(34)51)39-25-36-35(23-29(39)2)49(6,7)19-20-50(36,8)9/h10-18,21-27H,19-20H2,1-9H3. The number of benzene rings is 6. The first kappa shape index (κ1) is 34.0. The zero-order valence-corrected chi connectivity index (χ0v) is 35.1. The van der Waals surface area contributed by atoms with Crippen LogP contribution in [0.2, 0.25) is 0 Å². The Morgan fingerprint density at radius 2 is 1.31 bits per heavy atom. The fourth-order valence-corrected chi connectivity index (χ4v) is 12.6. The average Bonchev–Trinajstić information content (AvgIpc) is 3.47. The molecule has 0 N–H and O–H groups in total. The fraction of sp³-hybridized carbons (Fsp3) is 0.280. The summed E-state index contributed by atoms with van der Waals surface area (Å²) in [6, 6.07) is 38.4. The lowest BCUT2D eigenvalue weighted by Gasteiger charge is -2.45. The Bertz CT molecular complexity index is 2850. The molecule has 0 saturated heterocycles. The Morgan fingerprint density at radius 3 is 2.02 bits per heavy atom. The first-order valence-corrected chi connectivity index (χ1v) is 21.6. The molecule has 11 rings (SSSR count). The van der Waals surface area contributed by atoms with Crippen molar-refractivity contribution in [2.75, 3.05) is 4.90 Å². The van der Waals surface area contributed by atoms with Gasteiger partial charge in [0.1, 0.15) is 0 Å². The number of hydrogen-bond acceptors (Lipinski definition) is 3. The lowest BCUT2D eigenvalue weighted by Crippen LogP contribution is -2.57. The van der Waals surface area contributed by atoms with E-state index >= 15 is 0 Å².